The highest BCUT2D eigenvalue weighted by Gasteiger charge is 2.30. The first-order chi connectivity index (χ1) is 17.7. The van der Waals surface area contributed by atoms with Gasteiger partial charge in [0.1, 0.15) is 0 Å². The average Bonchev–Trinajstić information content (AvgIpc) is 3.24. The summed E-state index contributed by atoms with van der Waals surface area (Å²) in [7, 11) is -3.78. The van der Waals surface area contributed by atoms with Crippen molar-refractivity contribution in [3.8, 4) is 0 Å². The van der Waals surface area contributed by atoms with Crippen molar-refractivity contribution in [1.29, 1.82) is 0 Å². The Morgan fingerprint density at radius 1 is 1.14 bits per heavy atom. The topological polar surface area (TPSA) is 101 Å². The van der Waals surface area contributed by atoms with Crippen LogP contribution in [0, 0.1) is 6.92 Å². The van der Waals surface area contributed by atoms with Gasteiger partial charge >= 0.3 is 6.09 Å². The molecule has 37 heavy (non-hydrogen) atoms. The molecular weight excluding hydrogens is 536 g/mol. The summed E-state index contributed by atoms with van der Waals surface area (Å²) in [6.07, 6.45) is 1.28. The number of hydrogen-bond acceptors (Lipinski definition) is 6. The van der Waals surface area contributed by atoms with Crippen molar-refractivity contribution in [3.63, 3.8) is 0 Å². The van der Waals surface area contributed by atoms with Gasteiger partial charge in [-0.3, -0.25) is 4.79 Å². The summed E-state index contributed by atoms with van der Waals surface area (Å²) < 4.78 is 35.3. The first kappa shape index (κ1) is 27.1. The normalized spacial score (nSPS) is 15.2. The third-order valence-corrected chi connectivity index (χ3v) is 9.41. The minimum atomic E-state index is -3.78. The fourth-order valence-corrected chi connectivity index (χ4v) is 6.77. The van der Waals surface area contributed by atoms with Crippen LogP contribution in [-0.4, -0.2) is 67.0 Å². The summed E-state index contributed by atoms with van der Waals surface area (Å²) in [4.78, 5) is 31.2. The Morgan fingerprint density at radius 3 is 2.43 bits per heavy atom. The number of aromatic nitrogens is 1. The molecular formula is C25H27ClN4O5S2. The highest BCUT2D eigenvalue weighted by atomic mass is 35.5. The lowest BCUT2D eigenvalue weighted by atomic mass is 10.2. The number of benzene rings is 2. The van der Waals surface area contributed by atoms with E-state index >= 15 is 0 Å². The SMILES string of the molecule is C=CCn1c(=NC(=O)c2ccc(S(=O)(=O)N3CCN(C(=O)OCC)CC3)cc2)sc2ccc(Cl)c(C)c21. The Kier molecular flexibility index (Phi) is 8.17. The van der Waals surface area contributed by atoms with Gasteiger partial charge in [-0.05, 0) is 55.8 Å². The summed E-state index contributed by atoms with van der Waals surface area (Å²) in [6.45, 7) is 8.98. The molecule has 196 valence electrons. The molecule has 2 aromatic carbocycles. The van der Waals surface area contributed by atoms with Crippen molar-refractivity contribution in [3.05, 3.63) is 70.0 Å². The van der Waals surface area contributed by atoms with Crippen LogP contribution < -0.4 is 4.80 Å². The van der Waals surface area contributed by atoms with Gasteiger partial charge in [0.25, 0.3) is 5.91 Å². The molecule has 2 heterocycles. The number of ether oxygens (including phenoxy) is 1. The number of carbonyl (C=O) groups excluding carboxylic acids is 2. The molecule has 1 saturated heterocycles. The van der Waals surface area contributed by atoms with E-state index in [1.54, 1.807) is 13.0 Å². The summed E-state index contributed by atoms with van der Waals surface area (Å²) >= 11 is 7.68. The van der Waals surface area contributed by atoms with Crippen LogP contribution in [0.25, 0.3) is 10.2 Å². The van der Waals surface area contributed by atoms with Crippen molar-refractivity contribution in [1.82, 2.24) is 13.8 Å². The van der Waals surface area contributed by atoms with Gasteiger partial charge in [0, 0.05) is 43.3 Å². The number of carbonyl (C=O) groups is 2. The fourth-order valence-electron chi connectivity index (χ4n) is 4.10. The molecule has 1 fully saturated rings. The number of amides is 2. The Balaban J connectivity index is 1.56. The van der Waals surface area contributed by atoms with E-state index in [0.29, 0.717) is 16.4 Å². The third-order valence-electron chi connectivity index (χ3n) is 6.04. The van der Waals surface area contributed by atoms with Crippen LogP contribution in [0.5, 0.6) is 0 Å². The van der Waals surface area contributed by atoms with Gasteiger partial charge < -0.3 is 14.2 Å². The van der Waals surface area contributed by atoms with E-state index in [4.69, 9.17) is 16.3 Å². The third kappa shape index (κ3) is 5.49. The number of piperazine rings is 1. The Bertz CT molecular complexity index is 1520. The Hall–Kier alpha value is -2.99. The molecule has 2 amide bonds. The van der Waals surface area contributed by atoms with Gasteiger partial charge in [0.2, 0.25) is 10.0 Å². The zero-order valence-electron chi connectivity index (χ0n) is 20.5. The van der Waals surface area contributed by atoms with Crippen molar-refractivity contribution in [2.75, 3.05) is 32.8 Å². The van der Waals surface area contributed by atoms with E-state index in [1.165, 1.54) is 44.8 Å². The summed E-state index contributed by atoms with van der Waals surface area (Å²) in [5.41, 5.74) is 2.06. The molecule has 0 unspecified atom stereocenters. The zero-order chi connectivity index (χ0) is 26.7. The molecule has 0 bridgehead atoms. The number of halogens is 1. The lowest BCUT2D eigenvalue weighted by Crippen LogP contribution is -2.50. The van der Waals surface area contributed by atoms with E-state index in [1.807, 2.05) is 23.6 Å². The summed E-state index contributed by atoms with van der Waals surface area (Å²) in [5.74, 6) is -0.486. The molecule has 3 aromatic rings. The van der Waals surface area contributed by atoms with Gasteiger partial charge in [0.15, 0.2) is 4.80 Å². The number of hydrogen-bond donors (Lipinski definition) is 0. The van der Waals surface area contributed by atoms with E-state index in [-0.39, 0.29) is 43.2 Å². The maximum atomic E-state index is 13.1. The molecule has 0 atom stereocenters. The largest absolute Gasteiger partial charge is 0.450 e. The van der Waals surface area contributed by atoms with Crippen molar-refractivity contribution < 1.29 is 22.7 Å². The van der Waals surface area contributed by atoms with E-state index < -0.39 is 22.0 Å². The molecule has 1 aromatic heterocycles. The van der Waals surface area contributed by atoms with Crippen molar-refractivity contribution in [2.45, 2.75) is 25.3 Å². The number of fused-ring (bicyclic) bond motifs is 1. The fraction of sp³-hybridized carbons (Fsp3) is 0.320. The van der Waals surface area contributed by atoms with Crippen LogP contribution in [0.4, 0.5) is 4.79 Å². The molecule has 9 nitrogen and oxygen atoms in total. The molecule has 12 heteroatoms. The molecule has 0 N–H and O–H groups in total. The highest BCUT2D eigenvalue weighted by Crippen LogP contribution is 2.27. The minimum Gasteiger partial charge on any atom is -0.450 e. The number of aryl methyl sites for hydroxylation is 1. The first-order valence-electron chi connectivity index (χ1n) is 11.7. The lowest BCUT2D eigenvalue weighted by Gasteiger charge is -2.33. The Morgan fingerprint density at radius 2 is 1.81 bits per heavy atom. The van der Waals surface area contributed by atoms with Gasteiger partial charge in [-0.15, -0.1) is 6.58 Å². The van der Waals surface area contributed by atoms with Gasteiger partial charge in [-0.25, -0.2) is 13.2 Å². The predicted molar refractivity (Wildman–Crippen MR) is 143 cm³/mol. The second-order valence-corrected chi connectivity index (χ2v) is 11.7. The van der Waals surface area contributed by atoms with E-state index in [2.05, 4.69) is 11.6 Å². The smallest absolute Gasteiger partial charge is 0.409 e. The first-order valence-corrected chi connectivity index (χ1v) is 14.3. The number of nitrogens with zero attached hydrogens (tertiary/aromatic N) is 4. The van der Waals surface area contributed by atoms with Crippen LogP contribution in [0.2, 0.25) is 5.02 Å². The van der Waals surface area contributed by atoms with Crippen LogP contribution in [0.3, 0.4) is 0 Å². The molecule has 0 spiro atoms. The van der Waals surface area contributed by atoms with Gasteiger partial charge in [-0.2, -0.15) is 9.30 Å². The average molecular weight is 563 g/mol. The Labute approximate surface area is 224 Å². The second-order valence-electron chi connectivity index (χ2n) is 8.33. The summed E-state index contributed by atoms with van der Waals surface area (Å²) in [5, 5.41) is 0.625. The molecule has 0 radical (unpaired) electrons. The maximum absolute atomic E-state index is 13.1. The number of sulfonamides is 1. The summed E-state index contributed by atoms with van der Waals surface area (Å²) in [6, 6.07) is 9.44. The molecule has 1 aliphatic heterocycles. The predicted octanol–water partition coefficient (Wildman–Crippen LogP) is 4.05. The van der Waals surface area contributed by atoms with Crippen molar-refractivity contribution in [2.24, 2.45) is 4.99 Å². The second kappa shape index (κ2) is 11.2. The van der Waals surface area contributed by atoms with E-state index in [9.17, 15) is 18.0 Å². The number of thiazole rings is 1. The highest BCUT2D eigenvalue weighted by molar-refractivity contribution is 7.89. The molecule has 1 aliphatic rings. The van der Waals surface area contributed by atoms with Gasteiger partial charge in [-0.1, -0.05) is 29.0 Å². The van der Waals surface area contributed by atoms with E-state index in [0.717, 1.165) is 15.8 Å². The molecule has 0 aliphatic carbocycles. The van der Waals surface area contributed by atoms with Crippen LogP contribution in [0.15, 0.2) is 58.9 Å². The standard InChI is InChI=1S/C25H27ClN4O5S2/c1-4-12-30-22-17(3)20(26)10-11-21(22)36-24(30)27-23(31)18-6-8-19(9-7-18)37(33,34)29-15-13-28(14-16-29)25(32)35-5-2/h4,6-11H,1,5,12-16H2,2-3H3. The monoisotopic (exact) mass is 562 g/mol. The van der Waals surface area contributed by atoms with Crippen LogP contribution in [0.1, 0.15) is 22.8 Å². The zero-order valence-corrected chi connectivity index (χ0v) is 22.9. The minimum absolute atomic E-state index is 0.0717. The molecule has 4 rings (SSSR count). The quantitative estimate of drug-likeness (QED) is 0.422. The van der Waals surface area contributed by atoms with Crippen molar-refractivity contribution >= 4 is 55.2 Å². The maximum Gasteiger partial charge on any atom is 0.409 e. The molecule has 0 saturated carbocycles. The number of allylic oxidation sites excluding steroid dienone is 1. The lowest BCUT2D eigenvalue weighted by molar-refractivity contribution is 0.0933. The van der Waals surface area contributed by atoms with Crippen LogP contribution in [-0.2, 0) is 21.3 Å². The van der Waals surface area contributed by atoms with Gasteiger partial charge in [0.05, 0.1) is 21.7 Å². The van der Waals surface area contributed by atoms with Crippen LogP contribution >= 0.6 is 22.9 Å². The number of rotatable bonds is 6.